The number of benzene rings is 2. The second kappa shape index (κ2) is 7.33. The second-order valence-electron chi connectivity index (χ2n) is 6.12. The van der Waals surface area contributed by atoms with Gasteiger partial charge in [-0.05, 0) is 36.4 Å². The van der Waals surface area contributed by atoms with Crippen molar-refractivity contribution >= 4 is 38.3 Å². The Kier molecular flexibility index (Phi) is 4.84. The summed E-state index contributed by atoms with van der Waals surface area (Å²) in [5.74, 6) is -1.28. The van der Waals surface area contributed by atoms with E-state index >= 15 is 0 Å². The van der Waals surface area contributed by atoms with Crippen LogP contribution in [0.5, 0.6) is 0 Å². The van der Waals surface area contributed by atoms with Gasteiger partial charge in [0, 0.05) is 13.0 Å². The van der Waals surface area contributed by atoms with E-state index in [-0.39, 0.29) is 34.8 Å². The zero-order chi connectivity index (χ0) is 20.6. The molecular weight excluding hydrogens is 419 g/mol. The summed E-state index contributed by atoms with van der Waals surface area (Å²) in [5, 5.41) is 8.17. The van der Waals surface area contributed by atoms with E-state index in [4.69, 9.17) is 0 Å². The lowest BCUT2D eigenvalue weighted by molar-refractivity contribution is 0.0656. The Morgan fingerprint density at radius 3 is 2.21 bits per heavy atom. The molecule has 2 aromatic carbocycles. The molecular formula is C18H13FN4O4S2. The summed E-state index contributed by atoms with van der Waals surface area (Å²) in [7, 11) is -3.93. The lowest BCUT2D eigenvalue weighted by Crippen LogP contribution is -2.31. The van der Waals surface area contributed by atoms with Crippen molar-refractivity contribution in [2.75, 3.05) is 11.3 Å². The Balaban J connectivity index is 1.42. The molecule has 0 spiro atoms. The van der Waals surface area contributed by atoms with E-state index in [0.717, 1.165) is 40.5 Å². The van der Waals surface area contributed by atoms with Crippen LogP contribution in [0.3, 0.4) is 0 Å². The Bertz CT molecular complexity index is 1170. The molecule has 11 heteroatoms. The van der Waals surface area contributed by atoms with Gasteiger partial charge in [-0.25, -0.2) is 12.8 Å². The number of nitrogens with zero attached hydrogens (tertiary/aromatic N) is 3. The molecule has 1 N–H and O–H groups in total. The molecule has 0 bridgehead atoms. The van der Waals surface area contributed by atoms with Crippen LogP contribution in [0.15, 0.2) is 53.4 Å². The number of rotatable bonds is 6. The summed E-state index contributed by atoms with van der Waals surface area (Å²) in [6.07, 6.45) is 0.238. The van der Waals surface area contributed by atoms with Gasteiger partial charge in [0.25, 0.3) is 21.8 Å². The number of carbonyl (C=O) groups excluding carboxylic acids is 2. The fourth-order valence-corrected chi connectivity index (χ4v) is 4.79. The monoisotopic (exact) mass is 432 g/mol. The molecule has 0 saturated heterocycles. The highest BCUT2D eigenvalue weighted by molar-refractivity contribution is 7.93. The largest absolute Gasteiger partial charge is 0.274 e. The summed E-state index contributed by atoms with van der Waals surface area (Å²) in [5.41, 5.74) is 0.727. The number of carbonyl (C=O) groups is 2. The molecule has 4 rings (SSSR count). The zero-order valence-electron chi connectivity index (χ0n) is 14.7. The molecule has 148 valence electrons. The van der Waals surface area contributed by atoms with Crippen molar-refractivity contribution in [1.82, 2.24) is 15.1 Å². The van der Waals surface area contributed by atoms with Crippen molar-refractivity contribution in [1.29, 1.82) is 0 Å². The third-order valence-electron chi connectivity index (χ3n) is 4.24. The summed E-state index contributed by atoms with van der Waals surface area (Å²) < 4.78 is 39.9. The molecule has 0 unspecified atom stereocenters. The van der Waals surface area contributed by atoms with Crippen molar-refractivity contribution in [2.24, 2.45) is 0 Å². The number of fused-ring (bicyclic) bond motifs is 1. The lowest BCUT2D eigenvalue weighted by Gasteiger charge is -2.12. The van der Waals surface area contributed by atoms with E-state index in [2.05, 4.69) is 14.9 Å². The maximum Gasteiger partial charge on any atom is 0.263 e. The van der Waals surface area contributed by atoms with Crippen LogP contribution in [0.1, 0.15) is 25.7 Å². The number of hydrogen-bond donors (Lipinski definition) is 1. The second-order valence-corrected chi connectivity index (χ2v) is 8.86. The highest BCUT2D eigenvalue weighted by Crippen LogP contribution is 2.24. The minimum absolute atomic E-state index is 0.0340. The molecule has 2 amide bonds. The predicted molar refractivity (Wildman–Crippen MR) is 103 cm³/mol. The first-order chi connectivity index (χ1) is 13.8. The Morgan fingerprint density at radius 1 is 0.966 bits per heavy atom. The van der Waals surface area contributed by atoms with Crippen LogP contribution in [0.25, 0.3) is 0 Å². The average Bonchev–Trinajstić information content (AvgIpc) is 3.23. The van der Waals surface area contributed by atoms with Crippen molar-refractivity contribution < 1.29 is 22.4 Å². The number of hydrogen-bond acceptors (Lipinski definition) is 7. The Labute approximate surface area is 169 Å². The number of amides is 2. The van der Waals surface area contributed by atoms with Crippen LogP contribution in [-0.4, -0.2) is 41.9 Å². The minimum Gasteiger partial charge on any atom is -0.274 e. The summed E-state index contributed by atoms with van der Waals surface area (Å²) in [6, 6.07) is 11.0. The van der Waals surface area contributed by atoms with Gasteiger partial charge in [0.2, 0.25) is 5.13 Å². The van der Waals surface area contributed by atoms with Gasteiger partial charge in [-0.3, -0.25) is 19.2 Å². The molecule has 2 heterocycles. The predicted octanol–water partition coefficient (Wildman–Crippen LogP) is 2.32. The number of nitrogens with one attached hydrogen (secondary N) is 1. The minimum atomic E-state index is -3.93. The van der Waals surface area contributed by atoms with Crippen LogP contribution in [-0.2, 0) is 16.4 Å². The van der Waals surface area contributed by atoms with Gasteiger partial charge >= 0.3 is 0 Å². The number of sulfonamides is 1. The molecule has 0 fully saturated rings. The van der Waals surface area contributed by atoms with Crippen LogP contribution in [0.2, 0.25) is 0 Å². The third-order valence-corrected chi connectivity index (χ3v) is 6.62. The standard InChI is InChI=1S/C18H13FN4O4S2/c19-11-5-7-12(8-6-11)29(26,27)22-18-21-20-15(28-18)9-10-23-16(24)13-3-1-2-4-14(13)17(23)25/h1-8H,9-10H2,(H,21,22). The van der Waals surface area contributed by atoms with Crippen LogP contribution >= 0.6 is 11.3 Å². The van der Waals surface area contributed by atoms with Crippen molar-refractivity contribution in [3.8, 4) is 0 Å². The molecule has 3 aromatic rings. The number of aromatic nitrogens is 2. The molecule has 8 nitrogen and oxygen atoms in total. The molecule has 0 aliphatic carbocycles. The smallest absolute Gasteiger partial charge is 0.263 e. The summed E-state index contributed by atoms with van der Waals surface area (Å²) >= 11 is 0.991. The first-order valence-corrected chi connectivity index (χ1v) is 10.7. The fraction of sp³-hybridized carbons (Fsp3) is 0.111. The topological polar surface area (TPSA) is 109 Å². The van der Waals surface area contributed by atoms with Gasteiger partial charge < -0.3 is 0 Å². The molecule has 1 aliphatic rings. The molecule has 1 aromatic heterocycles. The van der Waals surface area contributed by atoms with E-state index in [1.54, 1.807) is 24.3 Å². The summed E-state index contributed by atoms with van der Waals surface area (Å²) in [4.78, 5) is 25.7. The number of imide groups is 1. The van der Waals surface area contributed by atoms with E-state index in [9.17, 15) is 22.4 Å². The van der Waals surface area contributed by atoms with Gasteiger partial charge in [0.1, 0.15) is 10.8 Å². The van der Waals surface area contributed by atoms with Gasteiger partial charge in [-0.1, -0.05) is 23.5 Å². The van der Waals surface area contributed by atoms with Gasteiger partial charge in [-0.15, -0.1) is 10.2 Å². The van der Waals surface area contributed by atoms with E-state index in [1.165, 1.54) is 0 Å². The average molecular weight is 432 g/mol. The molecule has 0 saturated carbocycles. The SMILES string of the molecule is O=C1c2ccccc2C(=O)N1CCc1nnc(NS(=O)(=O)c2ccc(F)cc2)s1. The maximum absolute atomic E-state index is 13.0. The number of halogens is 1. The Hall–Kier alpha value is -3.18. The van der Waals surface area contributed by atoms with E-state index < -0.39 is 15.8 Å². The Morgan fingerprint density at radius 2 is 1.59 bits per heavy atom. The highest BCUT2D eigenvalue weighted by atomic mass is 32.2. The molecule has 0 radical (unpaired) electrons. The highest BCUT2D eigenvalue weighted by Gasteiger charge is 2.34. The van der Waals surface area contributed by atoms with Gasteiger partial charge in [0.05, 0.1) is 16.0 Å². The molecule has 1 aliphatic heterocycles. The van der Waals surface area contributed by atoms with E-state index in [0.29, 0.717) is 16.1 Å². The van der Waals surface area contributed by atoms with E-state index in [1.807, 2.05) is 0 Å². The van der Waals surface area contributed by atoms with Crippen LogP contribution in [0, 0.1) is 5.82 Å². The first kappa shape index (κ1) is 19.2. The normalized spacial score (nSPS) is 13.6. The summed E-state index contributed by atoms with van der Waals surface area (Å²) in [6.45, 7) is 0.103. The molecule has 29 heavy (non-hydrogen) atoms. The van der Waals surface area contributed by atoms with Crippen LogP contribution in [0.4, 0.5) is 9.52 Å². The quantitative estimate of drug-likeness (QED) is 0.599. The van der Waals surface area contributed by atoms with Crippen molar-refractivity contribution in [3.63, 3.8) is 0 Å². The number of anilines is 1. The van der Waals surface area contributed by atoms with Crippen molar-refractivity contribution in [2.45, 2.75) is 11.3 Å². The van der Waals surface area contributed by atoms with Gasteiger partial charge in [-0.2, -0.15) is 0 Å². The van der Waals surface area contributed by atoms with Gasteiger partial charge in [0.15, 0.2) is 0 Å². The lowest BCUT2D eigenvalue weighted by atomic mass is 10.1. The van der Waals surface area contributed by atoms with Crippen molar-refractivity contribution in [3.05, 3.63) is 70.5 Å². The molecule has 0 atom stereocenters. The fourth-order valence-electron chi connectivity index (χ4n) is 2.83. The third kappa shape index (κ3) is 3.74. The first-order valence-electron chi connectivity index (χ1n) is 8.41. The zero-order valence-corrected chi connectivity index (χ0v) is 16.3. The maximum atomic E-state index is 13.0. The van der Waals surface area contributed by atoms with Crippen LogP contribution < -0.4 is 4.72 Å².